The molecule has 0 radical (unpaired) electrons. The van der Waals surface area contributed by atoms with Crippen LogP contribution in [0.2, 0.25) is 0 Å². The van der Waals surface area contributed by atoms with Gasteiger partial charge in [-0.05, 0) is 18.8 Å². The molecule has 62 valence electrons. The molecule has 0 aliphatic heterocycles. The van der Waals surface area contributed by atoms with Crippen LogP contribution in [0.15, 0.2) is 12.2 Å². The summed E-state index contributed by atoms with van der Waals surface area (Å²) >= 11 is 0. The Hall–Kier alpha value is 0.975. The number of ether oxygens (including phenoxy) is 1. The Bertz CT molecular complexity index is 184. The van der Waals surface area contributed by atoms with Gasteiger partial charge in [0.1, 0.15) is 0 Å². The van der Waals surface area contributed by atoms with Gasteiger partial charge in [-0.25, -0.2) is 0 Å². The summed E-state index contributed by atoms with van der Waals surface area (Å²) in [5.41, 5.74) is 0. The number of hydrogen-bond acceptors (Lipinski definition) is 2. The number of rotatable bonds is 2. The average molecular weight is 239 g/mol. The van der Waals surface area contributed by atoms with Gasteiger partial charge in [-0.15, -0.1) is 0 Å². The van der Waals surface area contributed by atoms with Gasteiger partial charge in [0.25, 0.3) is 0 Å². The summed E-state index contributed by atoms with van der Waals surface area (Å²) in [6.45, 7) is 1.51. The van der Waals surface area contributed by atoms with Crippen molar-refractivity contribution in [2.45, 2.75) is 18.9 Å². The zero-order valence-corrected chi connectivity index (χ0v) is 12.1. The number of fused-ring (bicyclic) bond motifs is 2. The molecule has 0 heterocycles. The molecule has 2 rings (SSSR count). The maximum Gasteiger partial charge on any atom is 1.00 e. The Balaban J connectivity index is 0.000000605. The quantitative estimate of drug-likeness (QED) is 0.446. The van der Waals surface area contributed by atoms with E-state index >= 15 is 0 Å². The molecule has 0 aromatic carbocycles. The van der Waals surface area contributed by atoms with E-state index in [-0.39, 0.29) is 70.4 Å². The molecule has 0 aromatic rings. The average Bonchev–Trinajstić information content (AvgIpc) is 2.48. The summed E-state index contributed by atoms with van der Waals surface area (Å²) in [4.78, 5) is 9.87. The number of allylic oxidation sites excluding steroid dienone is 1. The molecule has 12 heavy (non-hydrogen) atoms. The molecule has 2 bridgehead atoms. The molecule has 1 saturated carbocycles. The molecule has 0 amide bonds. The Kier molecular flexibility index (Phi) is 6.11. The monoisotopic (exact) mass is 238 g/mol. The first-order chi connectivity index (χ1) is 4.90. The van der Waals surface area contributed by atoms with Crippen LogP contribution >= 0.6 is 0 Å². The Labute approximate surface area is 121 Å². The molecule has 2 N–H and O–H groups in total. The van der Waals surface area contributed by atoms with Crippen LogP contribution in [0, 0.1) is 11.8 Å². The van der Waals surface area contributed by atoms with Crippen molar-refractivity contribution in [1.82, 2.24) is 0 Å². The molecular formula is C8H11NO2Rb-. The van der Waals surface area contributed by atoms with Crippen LogP contribution < -0.4 is 58.2 Å². The third kappa shape index (κ3) is 2.48. The van der Waals surface area contributed by atoms with Crippen LogP contribution in [0.25, 0.3) is 6.15 Å². The molecule has 2 aliphatic rings. The van der Waals surface area contributed by atoms with E-state index in [1.807, 2.05) is 0 Å². The fraction of sp³-hybridized carbons (Fsp3) is 0.625. The van der Waals surface area contributed by atoms with Gasteiger partial charge in [0.05, 0.1) is 6.10 Å². The van der Waals surface area contributed by atoms with Gasteiger partial charge in [-0.2, -0.15) is 0 Å². The van der Waals surface area contributed by atoms with E-state index in [0.29, 0.717) is 11.8 Å². The van der Waals surface area contributed by atoms with Crippen molar-refractivity contribution >= 4 is 6.47 Å². The van der Waals surface area contributed by atoms with E-state index < -0.39 is 0 Å². The summed E-state index contributed by atoms with van der Waals surface area (Å²) in [7, 11) is 0. The van der Waals surface area contributed by atoms with E-state index in [9.17, 15) is 4.79 Å². The minimum Gasteiger partial charge on any atom is -0.693 e. The molecular weight excluding hydrogens is 228 g/mol. The van der Waals surface area contributed by atoms with Crippen LogP contribution in [-0.2, 0) is 9.53 Å². The predicted octanol–water partition coefficient (Wildman–Crippen LogP) is -1.24. The first kappa shape index (κ1) is 13.0. The molecule has 3 atom stereocenters. The summed E-state index contributed by atoms with van der Waals surface area (Å²) < 4.78 is 4.78. The normalized spacial score (nSPS) is 35.2. The summed E-state index contributed by atoms with van der Waals surface area (Å²) in [5.74, 6) is 1.16. The fourth-order valence-corrected chi connectivity index (χ4v) is 1.93. The van der Waals surface area contributed by atoms with Gasteiger partial charge in [-0.1, -0.05) is 18.6 Å². The van der Waals surface area contributed by atoms with Gasteiger partial charge in [-0.3, -0.25) is 0 Å². The number of nitrogens with two attached hydrogens (primary N) is 1. The molecule has 0 spiro atoms. The summed E-state index contributed by atoms with van der Waals surface area (Å²) in [6.07, 6.45) is 6.68. The second-order valence-corrected chi connectivity index (χ2v) is 3.02. The number of hydrogen-bond donors (Lipinski definition) is 0. The van der Waals surface area contributed by atoms with E-state index in [1.54, 1.807) is 0 Å². The van der Waals surface area contributed by atoms with E-state index in [0.717, 1.165) is 6.42 Å². The van der Waals surface area contributed by atoms with Crippen molar-refractivity contribution in [1.29, 1.82) is 0 Å². The van der Waals surface area contributed by atoms with Gasteiger partial charge < -0.3 is 15.7 Å². The van der Waals surface area contributed by atoms with Crippen LogP contribution in [0.5, 0.6) is 0 Å². The third-order valence-corrected chi connectivity index (χ3v) is 2.42. The topological polar surface area (TPSA) is 59.8 Å². The smallest absolute Gasteiger partial charge is 0.693 e. The zero-order chi connectivity index (χ0) is 6.97. The maximum atomic E-state index is 9.87. The Morgan fingerprint density at radius 1 is 1.33 bits per heavy atom. The van der Waals surface area contributed by atoms with E-state index in [4.69, 9.17) is 4.74 Å². The molecule has 3 unspecified atom stereocenters. The van der Waals surface area contributed by atoms with E-state index in [2.05, 4.69) is 12.2 Å². The van der Waals surface area contributed by atoms with Crippen LogP contribution in [0.4, 0.5) is 0 Å². The zero-order valence-electron chi connectivity index (χ0n) is 7.19. The minimum atomic E-state index is 0. The molecule has 4 heteroatoms. The van der Waals surface area contributed by atoms with Gasteiger partial charge in [0.15, 0.2) is 0 Å². The van der Waals surface area contributed by atoms with Crippen LogP contribution in [0.1, 0.15) is 12.8 Å². The van der Waals surface area contributed by atoms with Gasteiger partial charge in [0.2, 0.25) is 0 Å². The summed E-state index contributed by atoms with van der Waals surface area (Å²) in [5, 5.41) is 0. The van der Waals surface area contributed by atoms with Crippen molar-refractivity contribution in [3.05, 3.63) is 18.3 Å². The second-order valence-electron chi connectivity index (χ2n) is 3.02. The molecule has 0 aromatic heterocycles. The largest absolute Gasteiger partial charge is 1.00 e. The Morgan fingerprint density at radius 2 is 2.08 bits per heavy atom. The molecule has 3 nitrogen and oxygen atoms in total. The summed E-state index contributed by atoms with van der Waals surface area (Å²) in [6, 6.07) is 0. The van der Waals surface area contributed by atoms with Crippen molar-refractivity contribution < 1.29 is 67.7 Å². The molecule has 1 fully saturated rings. The second kappa shape index (κ2) is 5.65. The molecule has 2 aliphatic carbocycles. The first-order valence-electron chi connectivity index (χ1n) is 3.61. The van der Waals surface area contributed by atoms with Crippen molar-refractivity contribution in [3.63, 3.8) is 0 Å². The van der Waals surface area contributed by atoms with Crippen LogP contribution in [-0.4, -0.2) is 12.6 Å². The first-order valence-corrected chi connectivity index (χ1v) is 3.61. The predicted molar refractivity (Wildman–Crippen MR) is 41.2 cm³/mol. The maximum absolute atomic E-state index is 9.87. The van der Waals surface area contributed by atoms with Gasteiger partial charge >= 0.3 is 58.2 Å². The van der Waals surface area contributed by atoms with E-state index in [1.165, 1.54) is 12.9 Å². The number of carbonyl (C=O) groups excluding carboxylic acids is 1. The fourth-order valence-electron chi connectivity index (χ4n) is 1.93. The standard InChI is InChI=1S/C8H9O2.H2N.Rb/c9-5-10-8-4-6-1-2-7(8)3-6;;/h1-2,6-8H,3-4H2;1H2;/q2*-1;+1. The van der Waals surface area contributed by atoms with Crippen molar-refractivity contribution in [2.75, 3.05) is 0 Å². The van der Waals surface area contributed by atoms with Crippen molar-refractivity contribution in [3.8, 4) is 0 Å². The minimum absolute atomic E-state index is 0. The Morgan fingerprint density at radius 3 is 2.50 bits per heavy atom. The van der Waals surface area contributed by atoms with Crippen molar-refractivity contribution in [2.24, 2.45) is 11.8 Å². The third-order valence-electron chi connectivity index (χ3n) is 2.42. The molecule has 0 saturated heterocycles. The van der Waals surface area contributed by atoms with Gasteiger partial charge in [0, 0.05) is 5.92 Å². The van der Waals surface area contributed by atoms with Crippen LogP contribution in [0.3, 0.4) is 0 Å². The SMILES string of the molecule is O=[C-]OC1CC2C=CC1C2.[NH2-].[Rb+].